The summed E-state index contributed by atoms with van der Waals surface area (Å²) in [6, 6.07) is 1.47. The molecule has 5 nitrogen and oxygen atoms in total. The van der Waals surface area contributed by atoms with Gasteiger partial charge in [0.2, 0.25) is 0 Å². The van der Waals surface area contributed by atoms with Crippen molar-refractivity contribution in [1.29, 1.82) is 0 Å². The first-order chi connectivity index (χ1) is 8.65. The summed E-state index contributed by atoms with van der Waals surface area (Å²) < 4.78 is 64.9. The molecule has 1 aromatic rings. The van der Waals surface area contributed by atoms with Gasteiger partial charge in [-0.3, -0.25) is 0 Å². The van der Waals surface area contributed by atoms with E-state index in [0.717, 1.165) is 0 Å². The molecule has 0 aliphatic heterocycles. The monoisotopic (exact) mass is 286 g/mol. The van der Waals surface area contributed by atoms with Crippen molar-refractivity contribution in [2.24, 2.45) is 5.84 Å². The maximum atomic E-state index is 12.5. The van der Waals surface area contributed by atoms with Gasteiger partial charge in [-0.2, -0.15) is 22.0 Å². The maximum Gasteiger partial charge on any atom is 0.455 e. The van der Waals surface area contributed by atoms with E-state index in [4.69, 9.17) is 5.84 Å². The molecule has 1 heterocycles. The lowest BCUT2D eigenvalue weighted by molar-refractivity contribution is -0.297. The van der Waals surface area contributed by atoms with Crippen LogP contribution in [0, 0.1) is 6.92 Å². The topological polar surface area (TPSA) is 73.1 Å². The highest BCUT2D eigenvalue weighted by Crippen LogP contribution is 2.35. The number of alkyl halides is 5. The fourth-order valence-corrected chi connectivity index (χ4v) is 1.12. The minimum atomic E-state index is -5.65. The highest BCUT2D eigenvalue weighted by Gasteiger charge is 2.57. The van der Waals surface area contributed by atoms with E-state index < -0.39 is 25.3 Å². The van der Waals surface area contributed by atoms with Crippen molar-refractivity contribution in [3.8, 4) is 0 Å². The summed E-state index contributed by atoms with van der Waals surface area (Å²) in [5.41, 5.74) is 2.67. The number of anilines is 1. The van der Waals surface area contributed by atoms with Crippen LogP contribution in [0.5, 0.6) is 0 Å². The fourth-order valence-electron chi connectivity index (χ4n) is 1.12. The second kappa shape index (κ2) is 5.61. The molecule has 0 saturated carbocycles. The zero-order valence-corrected chi connectivity index (χ0v) is 9.76. The number of nitrogens with one attached hydrogen (secondary N) is 1. The average Bonchev–Trinajstić information content (AvgIpc) is 2.26. The lowest BCUT2D eigenvalue weighted by atomic mass is 10.3. The number of hydrazine groups is 1. The van der Waals surface area contributed by atoms with Crippen LogP contribution < -0.4 is 11.3 Å². The number of rotatable bonds is 5. The van der Waals surface area contributed by atoms with Crippen LogP contribution in [0.4, 0.5) is 27.8 Å². The molecule has 0 spiro atoms. The Hall–Kier alpha value is -1.55. The van der Waals surface area contributed by atoms with E-state index in [1.165, 1.54) is 6.07 Å². The number of nitrogens with zero attached hydrogens (tertiary/aromatic N) is 2. The number of halogens is 5. The molecular formula is C9H11F5N4O. The summed E-state index contributed by atoms with van der Waals surface area (Å²) in [6.45, 7) is -0.794. The summed E-state index contributed by atoms with van der Waals surface area (Å²) in [6.07, 6.45) is -5.65. The SMILES string of the molecule is Cc1cc(NN)nc(COCC(F)(F)C(F)(F)F)n1. The number of nitrogen functional groups attached to an aromatic ring is 1. The Morgan fingerprint density at radius 1 is 1.26 bits per heavy atom. The van der Waals surface area contributed by atoms with Crippen molar-refractivity contribution in [2.45, 2.75) is 25.6 Å². The van der Waals surface area contributed by atoms with Crippen molar-refractivity contribution in [1.82, 2.24) is 9.97 Å². The van der Waals surface area contributed by atoms with Crippen molar-refractivity contribution in [2.75, 3.05) is 12.0 Å². The standard InChI is InChI=1S/C9H11F5N4O/c1-5-2-6(18-15)17-7(16-5)3-19-4-8(10,11)9(12,13)14/h2H,3-4,15H2,1H3,(H,16,17,18). The molecule has 0 aromatic carbocycles. The van der Waals surface area contributed by atoms with Crippen LogP contribution in [0.2, 0.25) is 0 Å². The Morgan fingerprint density at radius 2 is 1.89 bits per heavy atom. The highest BCUT2D eigenvalue weighted by molar-refractivity contribution is 5.33. The Labute approximate surface area is 104 Å². The number of aryl methyl sites for hydroxylation is 1. The average molecular weight is 286 g/mol. The van der Waals surface area contributed by atoms with Crippen LogP contribution in [0.1, 0.15) is 11.5 Å². The first-order valence-electron chi connectivity index (χ1n) is 4.99. The quantitative estimate of drug-likeness (QED) is 0.490. The zero-order valence-electron chi connectivity index (χ0n) is 9.76. The molecule has 0 bridgehead atoms. The number of aromatic nitrogens is 2. The minimum Gasteiger partial charge on any atom is -0.367 e. The minimum absolute atomic E-state index is 0.0501. The predicted molar refractivity (Wildman–Crippen MR) is 55.2 cm³/mol. The van der Waals surface area contributed by atoms with Gasteiger partial charge in [-0.05, 0) is 6.92 Å². The molecule has 3 N–H and O–H groups in total. The molecule has 0 amide bonds. The third kappa shape index (κ3) is 4.24. The lowest BCUT2D eigenvalue weighted by Crippen LogP contribution is -2.40. The van der Waals surface area contributed by atoms with Gasteiger partial charge in [0.1, 0.15) is 19.0 Å². The van der Waals surface area contributed by atoms with Crippen LogP contribution in [0.25, 0.3) is 0 Å². The molecule has 19 heavy (non-hydrogen) atoms. The smallest absolute Gasteiger partial charge is 0.367 e. The second-order valence-corrected chi connectivity index (χ2v) is 3.65. The van der Waals surface area contributed by atoms with Gasteiger partial charge in [0, 0.05) is 11.8 Å². The molecule has 108 valence electrons. The van der Waals surface area contributed by atoms with Crippen LogP contribution in [0.3, 0.4) is 0 Å². The number of ether oxygens (including phenoxy) is 1. The maximum absolute atomic E-state index is 12.5. The van der Waals surface area contributed by atoms with E-state index in [0.29, 0.717) is 5.69 Å². The van der Waals surface area contributed by atoms with Gasteiger partial charge in [-0.25, -0.2) is 15.8 Å². The predicted octanol–water partition coefficient (Wildman–Crippen LogP) is 1.78. The molecule has 0 saturated heterocycles. The van der Waals surface area contributed by atoms with Gasteiger partial charge in [0.15, 0.2) is 5.82 Å². The van der Waals surface area contributed by atoms with E-state index in [9.17, 15) is 22.0 Å². The summed E-state index contributed by atoms with van der Waals surface area (Å²) in [7, 11) is 0. The van der Waals surface area contributed by atoms with E-state index >= 15 is 0 Å². The van der Waals surface area contributed by atoms with Crippen molar-refractivity contribution in [3.63, 3.8) is 0 Å². The zero-order chi connectivity index (χ0) is 14.7. The first-order valence-corrected chi connectivity index (χ1v) is 4.99. The third-order valence-electron chi connectivity index (χ3n) is 1.98. The van der Waals surface area contributed by atoms with Crippen molar-refractivity contribution < 1.29 is 26.7 Å². The molecule has 0 unspecified atom stereocenters. The molecule has 10 heteroatoms. The van der Waals surface area contributed by atoms with E-state index in [1.54, 1.807) is 6.92 Å². The van der Waals surface area contributed by atoms with Crippen LogP contribution in [-0.4, -0.2) is 28.7 Å². The second-order valence-electron chi connectivity index (χ2n) is 3.65. The molecule has 1 aromatic heterocycles. The summed E-state index contributed by atoms with van der Waals surface area (Å²) in [4.78, 5) is 7.54. The fraction of sp³-hybridized carbons (Fsp3) is 0.556. The van der Waals surface area contributed by atoms with Gasteiger partial charge >= 0.3 is 12.1 Å². The Balaban J connectivity index is 2.61. The van der Waals surface area contributed by atoms with Crippen molar-refractivity contribution in [3.05, 3.63) is 17.6 Å². The number of nitrogens with two attached hydrogens (primary N) is 1. The van der Waals surface area contributed by atoms with Crippen LogP contribution in [-0.2, 0) is 11.3 Å². The van der Waals surface area contributed by atoms with Crippen LogP contribution in [0.15, 0.2) is 6.07 Å². The Morgan fingerprint density at radius 3 is 2.42 bits per heavy atom. The molecule has 0 aliphatic rings. The molecule has 1 rings (SSSR count). The third-order valence-corrected chi connectivity index (χ3v) is 1.98. The van der Waals surface area contributed by atoms with Gasteiger partial charge in [-0.1, -0.05) is 0 Å². The highest BCUT2D eigenvalue weighted by atomic mass is 19.4. The van der Waals surface area contributed by atoms with Crippen LogP contribution >= 0.6 is 0 Å². The van der Waals surface area contributed by atoms with E-state index in [-0.39, 0.29) is 11.6 Å². The number of hydrogen-bond acceptors (Lipinski definition) is 5. The first kappa shape index (κ1) is 15.5. The van der Waals surface area contributed by atoms with Gasteiger partial charge in [0.05, 0.1) is 0 Å². The molecular weight excluding hydrogens is 275 g/mol. The van der Waals surface area contributed by atoms with E-state index in [1.807, 2.05) is 0 Å². The van der Waals surface area contributed by atoms with Crippen molar-refractivity contribution >= 4 is 5.82 Å². The number of hydrogen-bond donors (Lipinski definition) is 2. The molecule has 0 fully saturated rings. The van der Waals surface area contributed by atoms with E-state index in [2.05, 4.69) is 20.1 Å². The summed E-state index contributed by atoms with van der Waals surface area (Å²) in [5.74, 6) is 0.334. The Bertz CT molecular complexity index is 437. The lowest BCUT2D eigenvalue weighted by Gasteiger charge is -2.19. The molecule has 0 atom stereocenters. The van der Waals surface area contributed by atoms with Gasteiger partial charge in [0.25, 0.3) is 0 Å². The Kier molecular flexibility index (Phi) is 4.58. The molecule has 0 radical (unpaired) electrons. The largest absolute Gasteiger partial charge is 0.455 e. The van der Waals surface area contributed by atoms with Gasteiger partial charge < -0.3 is 10.2 Å². The summed E-state index contributed by atoms with van der Waals surface area (Å²) in [5, 5.41) is 0. The summed E-state index contributed by atoms with van der Waals surface area (Å²) >= 11 is 0. The normalized spacial score (nSPS) is 12.6. The molecule has 0 aliphatic carbocycles. The van der Waals surface area contributed by atoms with Gasteiger partial charge in [-0.15, -0.1) is 0 Å².